The van der Waals surface area contributed by atoms with Gasteiger partial charge in [0.25, 0.3) is 0 Å². The molecule has 126 valence electrons. The lowest BCUT2D eigenvalue weighted by Gasteiger charge is -2.42. The standard InChI is InChI=1S/C21H25NO2/c1-20(2)9-10-21(3,4)18-11-13(5-8-17(18)20)16-12-14(23)6-7-15(16)19(22)24/h5-8,11-12,23H,9-10H2,1-4H3,(H2,22,24). The molecule has 24 heavy (non-hydrogen) atoms. The summed E-state index contributed by atoms with van der Waals surface area (Å²) in [4.78, 5) is 11.8. The molecule has 0 heterocycles. The molecule has 3 heteroatoms. The molecule has 0 saturated carbocycles. The van der Waals surface area contributed by atoms with Crippen LogP contribution in [0.4, 0.5) is 0 Å². The van der Waals surface area contributed by atoms with E-state index in [1.165, 1.54) is 17.2 Å². The van der Waals surface area contributed by atoms with Crippen molar-refractivity contribution in [2.75, 3.05) is 0 Å². The fourth-order valence-electron chi connectivity index (χ4n) is 3.74. The van der Waals surface area contributed by atoms with Crippen LogP contribution in [-0.2, 0) is 10.8 Å². The van der Waals surface area contributed by atoms with Crippen molar-refractivity contribution in [1.82, 2.24) is 0 Å². The zero-order valence-electron chi connectivity index (χ0n) is 14.8. The number of fused-ring (bicyclic) bond motifs is 1. The van der Waals surface area contributed by atoms with E-state index < -0.39 is 5.91 Å². The van der Waals surface area contributed by atoms with E-state index in [1.54, 1.807) is 12.1 Å². The molecule has 0 spiro atoms. The molecule has 2 aromatic rings. The maximum absolute atomic E-state index is 11.8. The first-order valence-electron chi connectivity index (χ1n) is 8.40. The van der Waals surface area contributed by atoms with E-state index >= 15 is 0 Å². The molecule has 3 rings (SSSR count). The molecule has 3 N–H and O–H groups in total. The van der Waals surface area contributed by atoms with Crippen LogP contribution in [0.25, 0.3) is 11.1 Å². The Morgan fingerprint density at radius 2 is 1.58 bits per heavy atom. The third-order valence-electron chi connectivity index (χ3n) is 5.43. The van der Waals surface area contributed by atoms with Gasteiger partial charge >= 0.3 is 0 Å². The van der Waals surface area contributed by atoms with Gasteiger partial charge in [-0.1, -0.05) is 45.9 Å². The Bertz CT molecular complexity index is 819. The average Bonchev–Trinajstić information content (AvgIpc) is 2.51. The number of aromatic hydroxyl groups is 1. The van der Waals surface area contributed by atoms with E-state index in [1.807, 2.05) is 6.07 Å². The summed E-state index contributed by atoms with van der Waals surface area (Å²) in [6, 6.07) is 11.1. The van der Waals surface area contributed by atoms with Crippen LogP contribution in [-0.4, -0.2) is 11.0 Å². The van der Waals surface area contributed by atoms with Gasteiger partial charge in [0.2, 0.25) is 5.91 Å². The molecule has 0 aliphatic heterocycles. The summed E-state index contributed by atoms with van der Waals surface area (Å²) in [5.41, 5.74) is 10.5. The largest absolute Gasteiger partial charge is 0.508 e. The Hall–Kier alpha value is -2.29. The summed E-state index contributed by atoms with van der Waals surface area (Å²) in [7, 11) is 0. The summed E-state index contributed by atoms with van der Waals surface area (Å²) in [6.45, 7) is 9.10. The number of carbonyl (C=O) groups is 1. The number of phenolic OH excluding ortho intramolecular Hbond substituents is 1. The number of rotatable bonds is 2. The van der Waals surface area contributed by atoms with Crippen LogP contribution >= 0.6 is 0 Å². The van der Waals surface area contributed by atoms with Crippen LogP contribution in [0, 0.1) is 0 Å². The van der Waals surface area contributed by atoms with Crippen molar-refractivity contribution >= 4 is 5.91 Å². The minimum Gasteiger partial charge on any atom is -0.508 e. The van der Waals surface area contributed by atoms with Gasteiger partial charge in [-0.3, -0.25) is 4.79 Å². The van der Waals surface area contributed by atoms with Gasteiger partial charge in [-0.2, -0.15) is 0 Å². The first-order valence-corrected chi connectivity index (χ1v) is 8.40. The smallest absolute Gasteiger partial charge is 0.249 e. The van der Waals surface area contributed by atoms with Crippen LogP contribution in [0.1, 0.15) is 62.0 Å². The maximum Gasteiger partial charge on any atom is 0.249 e. The summed E-state index contributed by atoms with van der Waals surface area (Å²) in [6.07, 6.45) is 2.28. The van der Waals surface area contributed by atoms with Gasteiger partial charge in [0.1, 0.15) is 5.75 Å². The van der Waals surface area contributed by atoms with Gasteiger partial charge in [-0.05, 0) is 64.1 Å². The Morgan fingerprint density at radius 1 is 0.958 bits per heavy atom. The quantitative estimate of drug-likeness (QED) is 0.854. The van der Waals surface area contributed by atoms with Crippen molar-refractivity contribution in [2.45, 2.75) is 51.4 Å². The number of hydrogen-bond donors (Lipinski definition) is 2. The van der Waals surface area contributed by atoms with Gasteiger partial charge in [-0.15, -0.1) is 0 Å². The lowest BCUT2D eigenvalue weighted by atomic mass is 9.63. The van der Waals surface area contributed by atoms with Crippen molar-refractivity contribution in [3.8, 4) is 16.9 Å². The second-order valence-electron chi connectivity index (χ2n) is 8.12. The Labute approximate surface area is 143 Å². The second kappa shape index (κ2) is 5.37. The highest BCUT2D eigenvalue weighted by Crippen LogP contribution is 2.47. The van der Waals surface area contributed by atoms with Crippen LogP contribution in [0.5, 0.6) is 5.75 Å². The van der Waals surface area contributed by atoms with Crippen molar-refractivity contribution in [3.63, 3.8) is 0 Å². The molecular formula is C21H25NO2. The summed E-state index contributed by atoms with van der Waals surface area (Å²) < 4.78 is 0. The lowest BCUT2D eigenvalue weighted by Crippen LogP contribution is -2.33. The predicted molar refractivity (Wildman–Crippen MR) is 97.3 cm³/mol. The Balaban J connectivity index is 2.23. The first-order chi connectivity index (χ1) is 11.1. The maximum atomic E-state index is 11.8. The molecule has 1 amide bonds. The molecule has 3 nitrogen and oxygen atoms in total. The molecule has 2 aromatic carbocycles. The normalized spacial score (nSPS) is 18.0. The number of nitrogens with two attached hydrogens (primary N) is 1. The summed E-state index contributed by atoms with van der Waals surface area (Å²) in [5.74, 6) is -0.352. The van der Waals surface area contributed by atoms with E-state index in [0.717, 1.165) is 18.4 Å². The average molecular weight is 323 g/mol. The zero-order valence-corrected chi connectivity index (χ0v) is 14.8. The topological polar surface area (TPSA) is 63.3 Å². The van der Waals surface area contributed by atoms with Crippen molar-refractivity contribution in [1.29, 1.82) is 0 Å². The SMILES string of the molecule is CC1(C)CCC(C)(C)c2cc(-c3cc(O)ccc3C(N)=O)ccc21. The number of amides is 1. The van der Waals surface area contributed by atoms with Gasteiger partial charge < -0.3 is 10.8 Å². The van der Waals surface area contributed by atoms with E-state index in [2.05, 4.69) is 39.8 Å². The fraction of sp³-hybridized carbons (Fsp3) is 0.381. The zero-order chi connectivity index (χ0) is 17.7. The predicted octanol–water partition coefficient (Wildman–Crippen LogP) is 4.51. The van der Waals surface area contributed by atoms with Crippen LogP contribution in [0.2, 0.25) is 0 Å². The van der Waals surface area contributed by atoms with Crippen molar-refractivity contribution in [2.24, 2.45) is 5.73 Å². The monoisotopic (exact) mass is 323 g/mol. The minimum absolute atomic E-state index is 0.0879. The minimum atomic E-state index is -0.484. The molecule has 0 unspecified atom stereocenters. The molecule has 0 radical (unpaired) electrons. The molecular weight excluding hydrogens is 298 g/mol. The molecule has 0 bridgehead atoms. The van der Waals surface area contributed by atoms with Gasteiger partial charge in [-0.25, -0.2) is 0 Å². The molecule has 0 saturated heterocycles. The number of primary amides is 1. The first kappa shape index (κ1) is 16.6. The van der Waals surface area contributed by atoms with Crippen molar-refractivity contribution in [3.05, 3.63) is 53.1 Å². The van der Waals surface area contributed by atoms with E-state index in [9.17, 15) is 9.90 Å². The summed E-state index contributed by atoms with van der Waals surface area (Å²) >= 11 is 0. The number of carbonyl (C=O) groups excluding carboxylic acids is 1. The van der Waals surface area contributed by atoms with Crippen LogP contribution < -0.4 is 5.73 Å². The molecule has 0 aromatic heterocycles. The second-order valence-corrected chi connectivity index (χ2v) is 8.12. The molecule has 0 fully saturated rings. The summed E-state index contributed by atoms with van der Waals surface area (Å²) in [5, 5.41) is 9.85. The Kier molecular flexibility index (Phi) is 3.71. The fourth-order valence-corrected chi connectivity index (χ4v) is 3.74. The van der Waals surface area contributed by atoms with Crippen LogP contribution in [0.15, 0.2) is 36.4 Å². The van der Waals surface area contributed by atoms with Gasteiger partial charge in [0.15, 0.2) is 0 Å². The van der Waals surface area contributed by atoms with E-state index in [0.29, 0.717) is 11.1 Å². The highest BCUT2D eigenvalue weighted by molar-refractivity contribution is 6.00. The van der Waals surface area contributed by atoms with E-state index in [4.69, 9.17) is 5.73 Å². The van der Waals surface area contributed by atoms with E-state index in [-0.39, 0.29) is 16.6 Å². The van der Waals surface area contributed by atoms with Crippen molar-refractivity contribution < 1.29 is 9.90 Å². The highest BCUT2D eigenvalue weighted by Gasteiger charge is 2.37. The highest BCUT2D eigenvalue weighted by atomic mass is 16.3. The number of benzene rings is 2. The Morgan fingerprint density at radius 3 is 2.21 bits per heavy atom. The molecule has 1 aliphatic carbocycles. The number of phenols is 1. The number of hydrogen-bond acceptors (Lipinski definition) is 2. The molecule has 1 aliphatic rings. The molecule has 0 atom stereocenters. The lowest BCUT2D eigenvalue weighted by molar-refractivity contribution is 0.100. The van der Waals surface area contributed by atoms with Crippen LogP contribution in [0.3, 0.4) is 0 Å². The third-order valence-corrected chi connectivity index (χ3v) is 5.43. The van der Waals surface area contributed by atoms with Gasteiger partial charge in [0.05, 0.1) is 0 Å². The third kappa shape index (κ3) is 2.68. The van der Waals surface area contributed by atoms with Gasteiger partial charge in [0, 0.05) is 5.56 Å².